The molecule has 6 nitrogen and oxygen atoms in total. The number of hydrogen-bond acceptors (Lipinski definition) is 6. The van der Waals surface area contributed by atoms with Crippen molar-refractivity contribution in [3.8, 4) is 0 Å². The standard InChI is InChI=1S/C10H16O6/c1-5-8(15-6(2)11)4-9(10(13)14-5)16-7(3)12/h5,8-10,13H,4H2,1-3H3. The van der Waals surface area contributed by atoms with Crippen LogP contribution in [0.1, 0.15) is 27.2 Å². The van der Waals surface area contributed by atoms with Gasteiger partial charge >= 0.3 is 11.9 Å². The molecule has 4 atom stereocenters. The van der Waals surface area contributed by atoms with Crippen molar-refractivity contribution < 1.29 is 28.9 Å². The molecular weight excluding hydrogens is 216 g/mol. The van der Waals surface area contributed by atoms with E-state index in [1.54, 1.807) is 6.92 Å². The Kier molecular flexibility index (Phi) is 4.26. The summed E-state index contributed by atoms with van der Waals surface area (Å²) in [6, 6.07) is 0. The molecule has 0 bridgehead atoms. The number of carbonyl (C=O) groups excluding carboxylic acids is 2. The van der Waals surface area contributed by atoms with Gasteiger partial charge in [0, 0.05) is 20.3 Å². The van der Waals surface area contributed by atoms with E-state index >= 15 is 0 Å². The molecule has 6 heteroatoms. The third-order valence-corrected chi connectivity index (χ3v) is 2.29. The normalized spacial score (nSPS) is 34.2. The Hall–Kier alpha value is -1.14. The molecular formula is C10H16O6. The summed E-state index contributed by atoms with van der Waals surface area (Å²) in [5.41, 5.74) is 0. The molecule has 0 aromatic carbocycles. The lowest BCUT2D eigenvalue weighted by Gasteiger charge is -2.36. The fourth-order valence-corrected chi connectivity index (χ4v) is 1.61. The molecule has 0 aromatic heterocycles. The lowest BCUT2D eigenvalue weighted by Crippen LogP contribution is -2.49. The Bertz CT molecular complexity index is 250. The fraction of sp³-hybridized carbons (Fsp3) is 0.800. The third kappa shape index (κ3) is 3.46. The number of aliphatic hydroxyl groups excluding tert-OH is 1. The summed E-state index contributed by atoms with van der Waals surface area (Å²) in [5, 5.41) is 9.50. The van der Waals surface area contributed by atoms with Crippen molar-refractivity contribution in [2.24, 2.45) is 0 Å². The van der Waals surface area contributed by atoms with Gasteiger partial charge in [-0.15, -0.1) is 0 Å². The number of esters is 2. The number of ether oxygens (including phenoxy) is 3. The van der Waals surface area contributed by atoms with Crippen LogP contribution in [-0.4, -0.2) is 41.6 Å². The molecule has 1 aliphatic rings. The van der Waals surface area contributed by atoms with Crippen LogP contribution in [0.4, 0.5) is 0 Å². The molecule has 0 spiro atoms. The largest absolute Gasteiger partial charge is 0.460 e. The lowest BCUT2D eigenvalue weighted by atomic mass is 10.0. The van der Waals surface area contributed by atoms with Gasteiger partial charge in [0.05, 0.1) is 6.10 Å². The van der Waals surface area contributed by atoms with Crippen LogP contribution >= 0.6 is 0 Å². The Labute approximate surface area is 93.5 Å². The molecule has 0 amide bonds. The highest BCUT2D eigenvalue weighted by atomic mass is 16.7. The van der Waals surface area contributed by atoms with E-state index in [2.05, 4.69) is 0 Å². The summed E-state index contributed by atoms with van der Waals surface area (Å²) in [6.07, 6.45) is -2.67. The third-order valence-electron chi connectivity index (χ3n) is 2.29. The monoisotopic (exact) mass is 232 g/mol. The van der Waals surface area contributed by atoms with E-state index in [0.29, 0.717) is 0 Å². The molecule has 0 aromatic rings. The van der Waals surface area contributed by atoms with Crippen molar-refractivity contribution in [1.82, 2.24) is 0 Å². The maximum Gasteiger partial charge on any atom is 0.303 e. The first-order valence-corrected chi connectivity index (χ1v) is 5.08. The first-order chi connectivity index (χ1) is 7.40. The van der Waals surface area contributed by atoms with Gasteiger partial charge in [-0.2, -0.15) is 0 Å². The van der Waals surface area contributed by atoms with Crippen molar-refractivity contribution in [3.05, 3.63) is 0 Å². The van der Waals surface area contributed by atoms with Crippen LogP contribution in [0.3, 0.4) is 0 Å². The molecule has 0 radical (unpaired) electrons. The van der Waals surface area contributed by atoms with Crippen molar-refractivity contribution in [1.29, 1.82) is 0 Å². The molecule has 1 saturated heterocycles. The van der Waals surface area contributed by atoms with Gasteiger partial charge in [-0.1, -0.05) is 0 Å². The zero-order chi connectivity index (χ0) is 12.3. The number of aliphatic hydroxyl groups is 1. The van der Waals surface area contributed by atoms with E-state index in [9.17, 15) is 14.7 Å². The molecule has 1 heterocycles. The molecule has 4 unspecified atom stereocenters. The van der Waals surface area contributed by atoms with Crippen LogP contribution in [0.25, 0.3) is 0 Å². The smallest absolute Gasteiger partial charge is 0.303 e. The van der Waals surface area contributed by atoms with Gasteiger partial charge in [-0.05, 0) is 6.92 Å². The highest BCUT2D eigenvalue weighted by molar-refractivity contribution is 5.66. The van der Waals surface area contributed by atoms with Gasteiger partial charge in [0.25, 0.3) is 0 Å². The van der Waals surface area contributed by atoms with Gasteiger partial charge < -0.3 is 19.3 Å². The highest BCUT2D eigenvalue weighted by Gasteiger charge is 2.38. The molecule has 16 heavy (non-hydrogen) atoms. The molecule has 0 aliphatic carbocycles. The van der Waals surface area contributed by atoms with E-state index in [-0.39, 0.29) is 6.42 Å². The summed E-state index contributed by atoms with van der Waals surface area (Å²) in [5.74, 6) is -0.942. The van der Waals surface area contributed by atoms with Crippen LogP contribution in [0.15, 0.2) is 0 Å². The van der Waals surface area contributed by atoms with Gasteiger partial charge in [-0.3, -0.25) is 9.59 Å². The van der Waals surface area contributed by atoms with E-state index < -0.39 is 36.5 Å². The Balaban J connectivity index is 2.60. The minimum absolute atomic E-state index is 0.238. The Morgan fingerprint density at radius 1 is 1.19 bits per heavy atom. The molecule has 1 rings (SSSR count). The predicted octanol–water partition coefficient (Wildman–Crippen LogP) is -0.0230. The zero-order valence-corrected chi connectivity index (χ0v) is 9.50. The maximum atomic E-state index is 10.8. The summed E-state index contributed by atoms with van der Waals surface area (Å²) in [4.78, 5) is 21.6. The summed E-state index contributed by atoms with van der Waals surface area (Å²) >= 11 is 0. The van der Waals surface area contributed by atoms with Crippen molar-refractivity contribution in [2.45, 2.75) is 51.8 Å². The second-order valence-electron chi connectivity index (χ2n) is 3.76. The van der Waals surface area contributed by atoms with Crippen LogP contribution in [0.5, 0.6) is 0 Å². The van der Waals surface area contributed by atoms with Crippen molar-refractivity contribution >= 4 is 11.9 Å². The Morgan fingerprint density at radius 2 is 1.69 bits per heavy atom. The van der Waals surface area contributed by atoms with E-state index in [0.717, 1.165) is 0 Å². The zero-order valence-electron chi connectivity index (χ0n) is 9.50. The first kappa shape index (κ1) is 12.9. The SMILES string of the molecule is CC(=O)OC1CC(OC(C)=O)C(O)OC1C. The minimum Gasteiger partial charge on any atom is -0.460 e. The van der Waals surface area contributed by atoms with Crippen LogP contribution in [0.2, 0.25) is 0 Å². The van der Waals surface area contributed by atoms with Gasteiger partial charge in [0.15, 0.2) is 12.4 Å². The molecule has 1 N–H and O–H groups in total. The fourth-order valence-electron chi connectivity index (χ4n) is 1.61. The van der Waals surface area contributed by atoms with Crippen LogP contribution < -0.4 is 0 Å². The van der Waals surface area contributed by atoms with E-state index in [1.165, 1.54) is 13.8 Å². The second-order valence-corrected chi connectivity index (χ2v) is 3.76. The average molecular weight is 232 g/mol. The van der Waals surface area contributed by atoms with Crippen molar-refractivity contribution in [3.63, 3.8) is 0 Å². The second kappa shape index (κ2) is 5.27. The first-order valence-electron chi connectivity index (χ1n) is 5.08. The van der Waals surface area contributed by atoms with Gasteiger partial charge in [-0.25, -0.2) is 0 Å². The molecule has 92 valence electrons. The van der Waals surface area contributed by atoms with Gasteiger partial charge in [0.1, 0.15) is 6.10 Å². The molecule has 1 aliphatic heterocycles. The van der Waals surface area contributed by atoms with Gasteiger partial charge in [0.2, 0.25) is 0 Å². The summed E-state index contributed by atoms with van der Waals surface area (Å²) < 4.78 is 15.0. The van der Waals surface area contributed by atoms with E-state index in [4.69, 9.17) is 14.2 Å². The average Bonchev–Trinajstić information content (AvgIpc) is 2.11. The predicted molar refractivity (Wildman–Crippen MR) is 52.3 cm³/mol. The maximum absolute atomic E-state index is 10.8. The lowest BCUT2D eigenvalue weighted by molar-refractivity contribution is -0.252. The number of carbonyl (C=O) groups is 2. The highest BCUT2D eigenvalue weighted by Crippen LogP contribution is 2.23. The molecule has 0 saturated carbocycles. The van der Waals surface area contributed by atoms with Crippen LogP contribution in [0, 0.1) is 0 Å². The van der Waals surface area contributed by atoms with Crippen LogP contribution in [-0.2, 0) is 23.8 Å². The summed E-state index contributed by atoms with van der Waals surface area (Å²) in [6.45, 7) is 4.21. The number of hydrogen-bond donors (Lipinski definition) is 1. The van der Waals surface area contributed by atoms with Crippen molar-refractivity contribution in [2.75, 3.05) is 0 Å². The summed E-state index contributed by atoms with van der Waals surface area (Å²) in [7, 11) is 0. The molecule has 1 fully saturated rings. The minimum atomic E-state index is -1.18. The number of rotatable bonds is 2. The Morgan fingerprint density at radius 3 is 2.19 bits per heavy atom. The van der Waals surface area contributed by atoms with E-state index in [1.807, 2.05) is 0 Å². The quantitative estimate of drug-likeness (QED) is 0.674. The topological polar surface area (TPSA) is 82.1 Å².